The first-order chi connectivity index (χ1) is 10.4. The number of anilines is 1. The van der Waals surface area contributed by atoms with E-state index in [0.717, 1.165) is 4.31 Å². The minimum Gasteiger partial charge on any atom is -0.376 e. The number of allylic oxidation sites excluding steroid dienone is 1. The lowest BCUT2D eigenvalue weighted by molar-refractivity contribution is 0.535. The minimum absolute atomic E-state index is 0.00916. The molecule has 0 spiro atoms. The van der Waals surface area contributed by atoms with Crippen molar-refractivity contribution in [1.82, 2.24) is 4.31 Å². The van der Waals surface area contributed by atoms with E-state index in [1.54, 1.807) is 18.2 Å². The van der Waals surface area contributed by atoms with Gasteiger partial charge >= 0.3 is 0 Å². The number of guanidine groups is 1. The first kappa shape index (κ1) is 16.2. The minimum atomic E-state index is -3.75. The Morgan fingerprint density at radius 1 is 1.55 bits per heavy atom. The molecule has 1 aromatic rings. The standard InChI is InChI=1S/C13H17N5O2S2/c1-2-3-9-8-10(17-13(15)21)4-5-11(9)22(19,20)18-7-6-16-12(18)14/h2,4-5,8H,1,3,6-7H2,(H2,14,16)(H3,15,17,21). The smallest absolute Gasteiger partial charge is 0.266 e. The van der Waals surface area contributed by atoms with Gasteiger partial charge in [-0.1, -0.05) is 6.08 Å². The number of aliphatic imine (C=N–C) groups is 1. The number of nitrogens with two attached hydrogens (primary N) is 2. The fourth-order valence-electron chi connectivity index (χ4n) is 2.18. The largest absolute Gasteiger partial charge is 0.376 e. The van der Waals surface area contributed by atoms with E-state index in [0.29, 0.717) is 24.2 Å². The molecule has 118 valence electrons. The summed E-state index contributed by atoms with van der Waals surface area (Å²) < 4.78 is 26.6. The molecule has 0 amide bonds. The number of nitrogens with zero attached hydrogens (tertiary/aromatic N) is 2. The Kier molecular flexibility index (Phi) is 4.67. The van der Waals surface area contributed by atoms with Crippen molar-refractivity contribution in [3.8, 4) is 0 Å². The monoisotopic (exact) mass is 339 g/mol. The van der Waals surface area contributed by atoms with Crippen molar-refractivity contribution >= 4 is 39.0 Å². The predicted octanol–water partition coefficient (Wildman–Crippen LogP) is 0.390. The van der Waals surface area contributed by atoms with Crippen molar-refractivity contribution in [3.05, 3.63) is 36.4 Å². The van der Waals surface area contributed by atoms with Crippen molar-refractivity contribution in [2.45, 2.75) is 11.3 Å². The first-order valence-electron chi connectivity index (χ1n) is 6.49. The molecule has 0 radical (unpaired) electrons. The van der Waals surface area contributed by atoms with E-state index in [2.05, 4.69) is 16.9 Å². The maximum absolute atomic E-state index is 12.7. The molecule has 0 saturated heterocycles. The van der Waals surface area contributed by atoms with E-state index in [1.165, 1.54) is 6.07 Å². The Hall–Kier alpha value is -2.13. The topological polar surface area (TPSA) is 114 Å². The maximum Gasteiger partial charge on any atom is 0.266 e. The molecule has 1 heterocycles. The zero-order chi connectivity index (χ0) is 16.3. The summed E-state index contributed by atoms with van der Waals surface area (Å²) in [5.41, 5.74) is 12.3. The zero-order valence-corrected chi connectivity index (χ0v) is 13.5. The Labute approximate surface area is 134 Å². The Morgan fingerprint density at radius 2 is 2.27 bits per heavy atom. The molecule has 0 fully saturated rings. The van der Waals surface area contributed by atoms with Crippen LogP contribution in [0, 0.1) is 0 Å². The molecule has 1 aromatic carbocycles. The third-order valence-corrected chi connectivity index (χ3v) is 5.10. The third-order valence-electron chi connectivity index (χ3n) is 3.09. The number of nitrogens with one attached hydrogen (secondary N) is 1. The SMILES string of the molecule is C=CCc1cc(NC(N)=S)ccc1S(=O)(=O)N1CCN=C1N. The molecule has 9 heteroatoms. The second-order valence-electron chi connectivity index (χ2n) is 4.62. The van der Waals surface area contributed by atoms with E-state index < -0.39 is 10.0 Å². The van der Waals surface area contributed by atoms with Gasteiger partial charge in [-0.05, 0) is 42.4 Å². The summed E-state index contributed by atoms with van der Waals surface area (Å²) in [6, 6.07) is 4.78. The lowest BCUT2D eigenvalue weighted by Gasteiger charge is -2.20. The lowest BCUT2D eigenvalue weighted by atomic mass is 10.1. The van der Waals surface area contributed by atoms with Gasteiger partial charge in [-0.2, -0.15) is 0 Å². The summed E-state index contributed by atoms with van der Waals surface area (Å²) in [7, 11) is -3.75. The molecule has 22 heavy (non-hydrogen) atoms. The molecular weight excluding hydrogens is 322 g/mol. The number of hydrogen-bond acceptors (Lipinski definition) is 5. The summed E-state index contributed by atoms with van der Waals surface area (Å²) in [6.45, 7) is 4.26. The van der Waals surface area contributed by atoms with Crippen LogP contribution in [0.5, 0.6) is 0 Å². The first-order valence-corrected chi connectivity index (χ1v) is 8.34. The predicted molar refractivity (Wildman–Crippen MR) is 91.1 cm³/mol. The van der Waals surface area contributed by atoms with Gasteiger partial charge in [-0.3, -0.25) is 4.99 Å². The molecule has 0 unspecified atom stereocenters. The van der Waals surface area contributed by atoms with Gasteiger partial charge in [0.2, 0.25) is 5.96 Å². The van der Waals surface area contributed by atoms with E-state index in [4.69, 9.17) is 23.7 Å². The van der Waals surface area contributed by atoms with E-state index in [1.807, 2.05) is 0 Å². The van der Waals surface area contributed by atoms with Crippen molar-refractivity contribution < 1.29 is 8.42 Å². The number of benzene rings is 1. The van der Waals surface area contributed by atoms with Crippen LogP contribution in [-0.2, 0) is 16.4 Å². The maximum atomic E-state index is 12.7. The van der Waals surface area contributed by atoms with Crippen LogP contribution in [0.4, 0.5) is 5.69 Å². The molecule has 5 N–H and O–H groups in total. The normalized spacial score (nSPS) is 14.5. The van der Waals surface area contributed by atoms with Crippen LogP contribution in [0.25, 0.3) is 0 Å². The molecule has 0 aromatic heterocycles. The van der Waals surface area contributed by atoms with Crippen LogP contribution in [0.2, 0.25) is 0 Å². The van der Waals surface area contributed by atoms with E-state index in [-0.39, 0.29) is 22.5 Å². The Bertz CT molecular complexity index is 743. The summed E-state index contributed by atoms with van der Waals surface area (Å²) >= 11 is 4.78. The van der Waals surface area contributed by atoms with Crippen LogP contribution in [0.1, 0.15) is 5.56 Å². The molecule has 7 nitrogen and oxygen atoms in total. The summed E-state index contributed by atoms with van der Waals surface area (Å²) in [5, 5.41) is 2.89. The number of sulfonamides is 1. The van der Waals surface area contributed by atoms with Gasteiger partial charge in [0.25, 0.3) is 10.0 Å². The van der Waals surface area contributed by atoms with Crippen LogP contribution in [0.15, 0.2) is 40.7 Å². The van der Waals surface area contributed by atoms with Crippen LogP contribution in [0.3, 0.4) is 0 Å². The van der Waals surface area contributed by atoms with Gasteiger partial charge in [0.1, 0.15) is 0 Å². The highest BCUT2D eigenvalue weighted by atomic mass is 32.2. The van der Waals surface area contributed by atoms with Crippen LogP contribution < -0.4 is 16.8 Å². The summed E-state index contributed by atoms with van der Waals surface area (Å²) in [5.74, 6) is 0.00916. The highest BCUT2D eigenvalue weighted by Crippen LogP contribution is 2.25. The molecule has 1 aliphatic heterocycles. The zero-order valence-electron chi connectivity index (χ0n) is 11.8. The van der Waals surface area contributed by atoms with Crippen molar-refractivity contribution in [3.63, 3.8) is 0 Å². The fraction of sp³-hybridized carbons (Fsp3) is 0.231. The molecule has 0 bridgehead atoms. The lowest BCUT2D eigenvalue weighted by Crippen LogP contribution is -2.39. The summed E-state index contributed by atoms with van der Waals surface area (Å²) in [6.07, 6.45) is 2.01. The quantitative estimate of drug-likeness (QED) is 0.528. The van der Waals surface area contributed by atoms with Gasteiger partial charge in [-0.15, -0.1) is 6.58 Å². The van der Waals surface area contributed by atoms with Gasteiger partial charge in [-0.25, -0.2) is 12.7 Å². The highest BCUT2D eigenvalue weighted by Gasteiger charge is 2.30. The van der Waals surface area contributed by atoms with Gasteiger partial charge in [0, 0.05) is 5.69 Å². The average molecular weight is 339 g/mol. The van der Waals surface area contributed by atoms with Crippen LogP contribution in [-0.4, -0.2) is 36.9 Å². The molecule has 1 aliphatic rings. The third kappa shape index (κ3) is 3.20. The molecule has 0 atom stereocenters. The Morgan fingerprint density at radius 3 is 2.82 bits per heavy atom. The molecular formula is C13H17N5O2S2. The average Bonchev–Trinajstić information content (AvgIpc) is 2.85. The van der Waals surface area contributed by atoms with Crippen molar-refractivity contribution in [2.24, 2.45) is 16.5 Å². The second-order valence-corrected chi connectivity index (χ2v) is 6.89. The van der Waals surface area contributed by atoms with E-state index >= 15 is 0 Å². The Balaban J connectivity index is 2.47. The van der Waals surface area contributed by atoms with Crippen molar-refractivity contribution in [1.29, 1.82) is 0 Å². The van der Waals surface area contributed by atoms with Gasteiger partial charge in [0.05, 0.1) is 18.0 Å². The van der Waals surface area contributed by atoms with Gasteiger partial charge < -0.3 is 16.8 Å². The van der Waals surface area contributed by atoms with Gasteiger partial charge in [0.15, 0.2) is 5.11 Å². The van der Waals surface area contributed by atoms with Crippen molar-refractivity contribution in [2.75, 3.05) is 18.4 Å². The van der Waals surface area contributed by atoms with E-state index in [9.17, 15) is 8.42 Å². The molecule has 0 aliphatic carbocycles. The molecule has 0 saturated carbocycles. The fourth-order valence-corrected chi connectivity index (χ4v) is 3.87. The number of rotatable bonds is 5. The number of hydrogen-bond donors (Lipinski definition) is 3. The number of thiocarbonyl (C=S) groups is 1. The molecule has 2 rings (SSSR count). The second kappa shape index (κ2) is 6.32. The highest BCUT2D eigenvalue weighted by molar-refractivity contribution is 7.89. The summed E-state index contributed by atoms with van der Waals surface area (Å²) in [4.78, 5) is 4.08. The van der Waals surface area contributed by atoms with Crippen LogP contribution >= 0.6 is 12.2 Å².